The largest absolute Gasteiger partial charge is 0.481 e. The minimum absolute atomic E-state index is 0.0504. The molecule has 26 heavy (non-hydrogen) atoms. The zero-order valence-electron chi connectivity index (χ0n) is 14.6. The Morgan fingerprint density at radius 3 is 2.54 bits per heavy atom. The van der Waals surface area contributed by atoms with E-state index in [1.54, 1.807) is 13.1 Å². The first-order chi connectivity index (χ1) is 12.2. The molecule has 0 radical (unpaired) electrons. The Labute approximate surface area is 152 Å². The van der Waals surface area contributed by atoms with E-state index >= 15 is 0 Å². The summed E-state index contributed by atoms with van der Waals surface area (Å²) in [5.41, 5.74) is 0.826. The maximum absolute atomic E-state index is 12.8. The number of morpholine rings is 1. The lowest BCUT2D eigenvalue weighted by Crippen LogP contribution is -2.38. The number of amides is 1. The van der Waals surface area contributed by atoms with Crippen LogP contribution in [0, 0.1) is 0 Å². The monoisotopic (exact) mass is 385 g/mol. The molecule has 0 unspecified atom stereocenters. The highest BCUT2D eigenvalue weighted by Gasteiger charge is 2.23. The molecule has 0 saturated carbocycles. The molecular weight excluding hydrogens is 362 g/mol. The molecule has 1 aromatic rings. The minimum Gasteiger partial charge on any atom is -0.481 e. The Morgan fingerprint density at radius 2 is 1.96 bits per heavy atom. The molecule has 9 nitrogen and oxygen atoms in total. The average Bonchev–Trinajstić information content (AvgIpc) is 2.60. The number of carboxylic acids is 1. The summed E-state index contributed by atoms with van der Waals surface area (Å²) in [4.78, 5) is 26.7. The number of sulfonamides is 1. The van der Waals surface area contributed by atoms with Crippen molar-refractivity contribution in [2.45, 2.75) is 17.7 Å². The predicted molar refractivity (Wildman–Crippen MR) is 94.7 cm³/mol. The zero-order valence-corrected chi connectivity index (χ0v) is 15.4. The summed E-state index contributed by atoms with van der Waals surface area (Å²) in [7, 11) is -2.40. The quantitative estimate of drug-likeness (QED) is 0.681. The van der Waals surface area contributed by atoms with Crippen LogP contribution in [0.15, 0.2) is 23.1 Å². The summed E-state index contributed by atoms with van der Waals surface area (Å²) in [5.74, 6) is -1.32. The number of hydrogen-bond acceptors (Lipinski definition) is 6. The highest BCUT2D eigenvalue weighted by molar-refractivity contribution is 7.89. The van der Waals surface area contributed by atoms with E-state index in [0.29, 0.717) is 38.4 Å². The van der Waals surface area contributed by atoms with Gasteiger partial charge in [0.25, 0.3) is 5.91 Å². The van der Waals surface area contributed by atoms with Crippen LogP contribution in [-0.4, -0.2) is 70.2 Å². The van der Waals surface area contributed by atoms with E-state index in [0.717, 1.165) is 0 Å². The molecule has 0 aromatic heterocycles. The van der Waals surface area contributed by atoms with Crippen LogP contribution in [0.3, 0.4) is 0 Å². The fourth-order valence-electron chi connectivity index (χ4n) is 2.72. The number of anilines is 1. The number of carboxylic acid groups (broad SMARTS) is 1. The van der Waals surface area contributed by atoms with Gasteiger partial charge in [0.1, 0.15) is 0 Å². The zero-order chi connectivity index (χ0) is 19.3. The second kappa shape index (κ2) is 8.47. The summed E-state index contributed by atoms with van der Waals surface area (Å²) in [6, 6.07) is 4.22. The van der Waals surface area contributed by atoms with Crippen molar-refractivity contribution in [1.82, 2.24) is 4.90 Å². The van der Waals surface area contributed by atoms with Gasteiger partial charge in [-0.3, -0.25) is 9.59 Å². The van der Waals surface area contributed by atoms with Crippen LogP contribution in [-0.2, 0) is 19.6 Å². The fraction of sp³-hybridized carbons (Fsp3) is 0.500. The number of nitrogens with zero attached hydrogens (tertiary/aromatic N) is 2. The van der Waals surface area contributed by atoms with Crippen LogP contribution in [0.5, 0.6) is 0 Å². The van der Waals surface area contributed by atoms with Gasteiger partial charge in [-0.05, 0) is 24.6 Å². The standard InChI is InChI=1S/C16H23N3O6S/c1-18(6-2-3-15(20)21)16(22)13-11-12(26(17,23)24)4-5-14(13)19-7-9-25-10-8-19/h4-5,11H,2-3,6-10H2,1H3,(H,20,21)(H2,17,23,24). The highest BCUT2D eigenvalue weighted by atomic mass is 32.2. The number of hydrogen-bond donors (Lipinski definition) is 2. The Kier molecular flexibility index (Phi) is 6.57. The third kappa shape index (κ3) is 5.16. The first-order valence-electron chi connectivity index (χ1n) is 8.17. The van der Waals surface area contributed by atoms with Crippen LogP contribution in [0.4, 0.5) is 5.69 Å². The molecule has 0 atom stereocenters. The SMILES string of the molecule is CN(CCCC(=O)O)C(=O)c1cc(S(N)(=O)=O)ccc1N1CCOCC1. The molecule has 1 heterocycles. The van der Waals surface area contributed by atoms with E-state index in [1.807, 2.05) is 4.90 Å². The summed E-state index contributed by atoms with van der Waals surface area (Å²) >= 11 is 0. The van der Waals surface area contributed by atoms with Crippen molar-refractivity contribution in [1.29, 1.82) is 0 Å². The molecule has 1 aromatic carbocycles. The van der Waals surface area contributed by atoms with Gasteiger partial charge in [0.05, 0.1) is 23.7 Å². The fourth-order valence-corrected chi connectivity index (χ4v) is 3.26. The van der Waals surface area contributed by atoms with Crippen LogP contribution in [0.1, 0.15) is 23.2 Å². The molecule has 144 valence electrons. The summed E-state index contributed by atoms with van der Waals surface area (Å²) < 4.78 is 28.6. The molecule has 0 spiro atoms. The number of primary sulfonamides is 1. The van der Waals surface area contributed by atoms with E-state index in [-0.39, 0.29) is 29.3 Å². The van der Waals surface area contributed by atoms with Gasteiger partial charge in [-0.2, -0.15) is 0 Å². The third-order valence-electron chi connectivity index (χ3n) is 4.11. The third-order valence-corrected chi connectivity index (χ3v) is 5.02. The molecule has 1 amide bonds. The Bertz CT molecular complexity index is 774. The Hall–Kier alpha value is -2.17. The maximum atomic E-state index is 12.8. The van der Waals surface area contributed by atoms with Crippen molar-refractivity contribution in [3.63, 3.8) is 0 Å². The van der Waals surface area contributed by atoms with Crippen LogP contribution in [0.2, 0.25) is 0 Å². The predicted octanol–water partition coefficient (Wildman–Crippen LogP) is 0.107. The molecule has 1 fully saturated rings. The van der Waals surface area contributed by atoms with Crippen molar-refractivity contribution >= 4 is 27.6 Å². The Balaban J connectivity index is 2.32. The van der Waals surface area contributed by atoms with Crippen molar-refractivity contribution in [2.24, 2.45) is 5.14 Å². The second-order valence-corrected chi connectivity index (χ2v) is 7.61. The van der Waals surface area contributed by atoms with Gasteiger partial charge in [0, 0.05) is 38.8 Å². The molecular formula is C16H23N3O6S. The van der Waals surface area contributed by atoms with Crippen LogP contribution < -0.4 is 10.0 Å². The maximum Gasteiger partial charge on any atom is 0.303 e. The summed E-state index contributed by atoms with van der Waals surface area (Å²) in [6.45, 7) is 2.43. The number of benzene rings is 1. The number of carbonyl (C=O) groups excluding carboxylic acids is 1. The molecule has 1 aliphatic heterocycles. The normalized spacial score (nSPS) is 14.9. The van der Waals surface area contributed by atoms with Crippen molar-refractivity contribution in [3.8, 4) is 0 Å². The van der Waals surface area contributed by atoms with Crippen molar-refractivity contribution < 1.29 is 27.9 Å². The van der Waals surface area contributed by atoms with Gasteiger partial charge < -0.3 is 19.6 Å². The number of nitrogens with two attached hydrogens (primary N) is 1. The van der Waals surface area contributed by atoms with Crippen molar-refractivity contribution in [3.05, 3.63) is 23.8 Å². The van der Waals surface area contributed by atoms with E-state index in [2.05, 4.69) is 0 Å². The number of ether oxygens (including phenoxy) is 1. The smallest absolute Gasteiger partial charge is 0.303 e. The average molecular weight is 385 g/mol. The van der Waals surface area contributed by atoms with Gasteiger partial charge in [-0.15, -0.1) is 0 Å². The lowest BCUT2D eigenvalue weighted by molar-refractivity contribution is -0.137. The number of carbonyl (C=O) groups is 2. The summed E-state index contributed by atoms with van der Waals surface area (Å²) in [5, 5.41) is 13.9. The lowest BCUT2D eigenvalue weighted by Gasteiger charge is -2.31. The van der Waals surface area contributed by atoms with Gasteiger partial charge in [-0.1, -0.05) is 0 Å². The number of aliphatic carboxylic acids is 1. The van der Waals surface area contributed by atoms with E-state index < -0.39 is 16.0 Å². The van der Waals surface area contributed by atoms with Crippen molar-refractivity contribution in [2.75, 3.05) is 44.8 Å². The molecule has 1 aliphatic rings. The van der Waals surface area contributed by atoms with Crippen LogP contribution in [0.25, 0.3) is 0 Å². The first kappa shape index (κ1) is 20.1. The van der Waals surface area contributed by atoms with E-state index in [1.165, 1.54) is 17.0 Å². The second-order valence-electron chi connectivity index (χ2n) is 6.05. The number of rotatable bonds is 7. The summed E-state index contributed by atoms with van der Waals surface area (Å²) in [6.07, 6.45) is 0.254. The van der Waals surface area contributed by atoms with Crippen LogP contribution >= 0.6 is 0 Å². The Morgan fingerprint density at radius 1 is 1.31 bits per heavy atom. The van der Waals surface area contributed by atoms with Gasteiger partial charge in [0.2, 0.25) is 10.0 Å². The molecule has 1 saturated heterocycles. The molecule has 0 bridgehead atoms. The van der Waals surface area contributed by atoms with Gasteiger partial charge in [-0.25, -0.2) is 13.6 Å². The molecule has 0 aliphatic carbocycles. The lowest BCUT2D eigenvalue weighted by atomic mass is 10.1. The molecule has 10 heteroatoms. The van der Waals surface area contributed by atoms with Gasteiger partial charge >= 0.3 is 5.97 Å². The molecule has 3 N–H and O–H groups in total. The van der Waals surface area contributed by atoms with E-state index in [9.17, 15) is 18.0 Å². The van der Waals surface area contributed by atoms with Gasteiger partial charge in [0.15, 0.2) is 0 Å². The first-order valence-corrected chi connectivity index (χ1v) is 9.71. The van der Waals surface area contributed by atoms with E-state index in [4.69, 9.17) is 15.0 Å². The topological polar surface area (TPSA) is 130 Å². The minimum atomic E-state index is -3.95. The highest BCUT2D eigenvalue weighted by Crippen LogP contribution is 2.26. The molecule has 2 rings (SSSR count).